The van der Waals surface area contributed by atoms with Gasteiger partial charge in [0.25, 0.3) is 0 Å². The summed E-state index contributed by atoms with van der Waals surface area (Å²) >= 11 is 0. The maximum atomic E-state index is 12.7. The molecule has 0 radical (unpaired) electrons. The maximum absolute atomic E-state index is 12.7. The third kappa shape index (κ3) is 5.72. The fourth-order valence-electron chi connectivity index (χ4n) is 3.60. The van der Waals surface area contributed by atoms with E-state index in [2.05, 4.69) is 16.1 Å². The number of nitriles is 1. The molecule has 1 amide bonds. The quantitative estimate of drug-likeness (QED) is 0.719. The Morgan fingerprint density at radius 3 is 1.94 bits per heavy atom. The molecule has 0 saturated heterocycles. The lowest BCUT2D eigenvalue weighted by molar-refractivity contribution is -0.120. The third-order valence-corrected chi connectivity index (χ3v) is 7.98. The zero-order valence-corrected chi connectivity index (χ0v) is 19.0. The summed E-state index contributed by atoms with van der Waals surface area (Å²) in [5, 5.41) is 11.9. The van der Waals surface area contributed by atoms with E-state index in [9.17, 15) is 13.2 Å². The molecule has 0 heterocycles. The summed E-state index contributed by atoms with van der Waals surface area (Å²) in [5.41, 5.74) is 3.37. The van der Waals surface area contributed by atoms with Gasteiger partial charge >= 0.3 is 0 Å². The second-order valence-corrected chi connectivity index (χ2v) is 11.5. The van der Waals surface area contributed by atoms with Crippen molar-refractivity contribution in [3.63, 3.8) is 0 Å². The van der Waals surface area contributed by atoms with Crippen LogP contribution in [0.4, 0.5) is 5.69 Å². The van der Waals surface area contributed by atoms with Crippen molar-refractivity contribution in [1.29, 1.82) is 5.26 Å². The standard InChI is InChI=1S/C24H29N3O3S/c1-24(2,3)31(29,30)27-22-14-10-20(11-15-22)23(28)26-21-12-8-19(9-13-21)18-6-4-17(16-25)5-7-18/h4-9,12-13,20,22,27H,10-11,14-15H2,1-3H3,(H,26,28). The molecule has 2 aromatic rings. The van der Waals surface area contributed by atoms with Gasteiger partial charge in [-0.2, -0.15) is 5.26 Å². The van der Waals surface area contributed by atoms with Crippen molar-refractivity contribution >= 4 is 21.6 Å². The van der Waals surface area contributed by atoms with Crippen molar-refractivity contribution < 1.29 is 13.2 Å². The SMILES string of the molecule is CC(C)(C)S(=O)(=O)NC1CCC(C(=O)Nc2ccc(-c3ccc(C#N)cc3)cc2)CC1. The van der Waals surface area contributed by atoms with Gasteiger partial charge in [0.05, 0.1) is 16.4 Å². The highest BCUT2D eigenvalue weighted by Crippen LogP contribution is 2.28. The number of carbonyl (C=O) groups is 1. The van der Waals surface area contributed by atoms with Crippen LogP contribution >= 0.6 is 0 Å². The average Bonchev–Trinajstić information content (AvgIpc) is 2.74. The molecule has 2 aromatic carbocycles. The van der Waals surface area contributed by atoms with Crippen LogP contribution in [0.5, 0.6) is 0 Å². The largest absolute Gasteiger partial charge is 0.326 e. The van der Waals surface area contributed by atoms with Crippen LogP contribution in [0.3, 0.4) is 0 Å². The first-order chi connectivity index (χ1) is 14.6. The molecule has 0 unspecified atom stereocenters. The van der Waals surface area contributed by atoms with E-state index in [4.69, 9.17) is 5.26 Å². The fraction of sp³-hybridized carbons (Fsp3) is 0.417. The van der Waals surface area contributed by atoms with Crippen molar-refractivity contribution in [2.75, 3.05) is 5.32 Å². The third-order valence-electron chi connectivity index (χ3n) is 5.73. The Kier molecular flexibility index (Phi) is 6.83. The van der Waals surface area contributed by atoms with Crippen LogP contribution in [0, 0.1) is 17.2 Å². The van der Waals surface area contributed by atoms with Crippen LogP contribution in [0.15, 0.2) is 48.5 Å². The fourth-order valence-corrected chi connectivity index (χ4v) is 4.63. The number of nitrogens with zero attached hydrogens (tertiary/aromatic N) is 1. The van der Waals surface area contributed by atoms with E-state index < -0.39 is 14.8 Å². The van der Waals surface area contributed by atoms with Crippen molar-refractivity contribution in [1.82, 2.24) is 4.72 Å². The average molecular weight is 440 g/mol. The normalized spacial score (nSPS) is 19.4. The van der Waals surface area contributed by atoms with Gasteiger partial charge in [0.1, 0.15) is 0 Å². The first kappa shape index (κ1) is 23.0. The molecule has 1 aliphatic carbocycles. The smallest absolute Gasteiger partial charge is 0.227 e. The van der Waals surface area contributed by atoms with E-state index in [0.29, 0.717) is 31.2 Å². The molecule has 1 saturated carbocycles. The van der Waals surface area contributed by atoms with Gasteiger partial charge in [-0.3, -0.25) is 4.79 Å². The molecule has 0 atom stereocenters. The molecule has 1 fully saturated rings. The molecule has 0 bridgehead atoms. The summed E-state index contributed by atoms with van der Waals surface area (Å²) < 4.78 is 26.6. The van der Waals surface area contributed by atoms with Gasteiger partial charge in [-0.05, 0) is 81.8 Å². The van der Waals surface area contributed by atoms with Crippen molar-refractivity contribution in [3.05, 3.63) is 54.1 Å². The highest BCUT2D eigenvalue weighted by molar-refractivity contribution is 7.90. The van der Waals surface area contributed by atoms with Gasteiger partial charge in [-0.1, -0.05) is 24.3 Å². The highest BCUT2D eigenvalue weighted by Gasteiger charge is 2.34. The highest BCUT2D eigenvalue weighted by atomic mass is 32.2. The van der Waals surface area contributed by atoms with Gasteiger partial charge in [-0.25, -0.2) is 13.1 Å². The molecule has 0 aliphatic heterocycles. The second-order valence-electron chi connectivity index (χ2n) is 9.04. The molecule has 6 nitrogen and oxygen atoms in total. The van der Waals surface area contributed by atoms with Crippen molar-refractivity contribution in [3.8, 4) is 17.2 Å². The predicted molar refractivity (Wildman–Crippen MR) is 123 cm³/mol. The Morgan fingerprint density at radius 1 is 0.935 bits per heavy atom. The van der Waals surface area contributed by atoms with Crippen LogP contribution in [0.1, 0.15) is 52.0 Å². The van der Waals surface area contributed by atoms with E-state index >= 15 is 0 Å². The van der Waals surface area contributed by atoms with E-state index in [1.165, 1.54) is 0 Å². The number of hydrogen-bond donors (Lipinski definition) is 2. The van der Waals surface area contributed by atoms with E-state index in [1.807, 2.05) is 36.4 Å². The zero-order chi connectivity index (χ0) is 22.6. The molecule has 7 heteroatoms. The van der Waals surface area contributed by atoms with E-state index in [0.717, 1.165) is 16.8 Å². The van der Waals surface area contributed by atoms with E-state index in [1.54, 1.807) is 32.9 Å². The Labute approximate surface area is 184 Å². The minimum absolute atomic E-state index is 0.0248. The Balaban J connectivity index is 1.53. The molecule has 1 aliphatic rings. The molecule has 0 spiro atoms. The summed E-state index contributed by atoms with van der Waals surface area (Å²) in [4.78, 5) is 12.7. The number of hydrogen-bond acceptors (Lipinski definition) is 4. The van der Waals surface area contributed by atoms with E-state index in [-0.39, 0.29) is 17.9 Å². The molecular weight excluding hydrogens is 410 g/mol. The summed E-state index contributed by atoms with van der Waals surface area (Å²) in [6.45, 7) is 5.04. The number of carbonyl (C=O) groups excluding carboxylic acids is 1. The lowest BCUT2D eigenvalue weighted by Gasteiger charge is -2.30. The lowest BCUT2D eigenvalue weighted by atomic mass is 9.86. The Hall–Kier alpha value is -2.69. The number of sulfonamides is 1. The molecule has 3 rings (SSSR count). The number of anilines is 1. The summed E-state index contributed by atoms with van der Waals surface area (Å²) in [7, 11) is -3.38. The van der Waals surface area contributed by atoms with Gasteiger partial charge in [0, 0.05) is 17.6 Å². The summed E-state index contributed by atoms with van der Waals surface area (Å²) in [6.07, 6.45) is 2.63. The van der Waals surface area contributed by atoms with Crippen molar-refractivity contribution in [2.45, 2.75) is 57.2 Å². The maximum Gasteiger partial charge on any atom is 0.227 e. The molecule has 0 aromatic heterocycles. The summed E-state index contributed by atoms with van der Waals surface area (Å²) in [5.74, 6) is -0.142. The molecule has 164 valence electrons. The summed E-state index contributed by atoms with van der Waals surface area (Å²) in [6, 6.07) is 17.0. The Morgan fingerprint density at radius 2 is 1.45 bits per heavy atom. The van der Waals surface area contributed by atoms with Crippen LogP contribution in [-0.4, -0.2) is 25.1 Å². The Bertz CT molecular complexity index is 1060. The molecular formula is C24H29N3O3S. The lowest BCUT2D eigenvalue weighted by Crippen LogP contribution is -2.46. The van der Waals surface area contributed by atoms with Gasteiger partial charge in [0.15, 0.2) is 0 Å². The van der Waals surface area contributed by atoms with Gasteiger partial charge < -0.3 is 5.32 Å². The minimum atomic E-state index is -3.38. The van der Waals surface area contributed by atoms with Crippen LogP contribution in [-0.2, 0) is 14.8 Å². The topological polar surface area (TPSA) is 99.1 Å². The van der Waals surface area contributed by atoms with Gasteiger partial charge in [-0.15, -0.1) is 0 Å². The minimum Gasteiger partial charge on any atom is -0.326 e. The predicted octanol–water partition coefficient (Wildman–Crippen LogP) is 4.44. The second kappa shape index (κ2) is 9.21. The van der Waals surface area contributed by atoms with Crippen LogP contribution in [0.2, 0.25) is 0 Å². The van der Waals surface area contributed by atoms with Crippen molar-refractivity contribution in [2.24, 2.45) is 5.92 Å². The first-order valence-electron chi connectivity index (χ1n) is 10.5. The molecule has 31 heavy (non-hydrogen) atoms. The number of rotatable bonds is 5. The van der Waals surface area contributed by atoms with Crippen LogP contribution < -0.4 is 10.0 Å². The number of benzene rings is 2. The first-order valence-corrected chi connectivity index (χ1v) is 12.0. The van der Waals surface area contributed by atoms with Gasteiger partial charge in [0.2, 0.25) is 15.9 Å². The zero-order valence-electron chi connectivity index (χ0n) is 18.2. The van der Waals surface area contributed by atoms with Crippen LogP contribution in [0.25, 0.3) is 11.1 Å². The molecule has 2 N–H and O–H groups in total. The number of amides is 1. The number of nitrogens with one attached hydrogen (secondary N) is 2. The monoisotopic (exact) mass is 439 g/mol.